The second-order valence-corrected chi connectivity index (χ2v) is 10.8. The van der Waals surface area contributed by atoms with Gasteiger partial charge in [0.2, 0.25) is 0 Å². The molecule has 5 rings (SSSR count). The molecule has 0 atom stereocenters. The third-order valence-electron chi connectivity index (χ3n) is 5.25. The zero-order valence-electron chi connectivity index (χ0n) is 16.5. The van der Waals surface area contributed by atoms with Gasteiger partial charge in [-0.05, 0) is 37.4 Å². The van der Waals surface area contributed by atoms with Crippen LogP contribution in [-0.2, 0) is 9.84 Å². The van der Waals surface area contributed by atoms with E-state index < -0.39 is 15.1 Å². The van der Waals surface area contributed by atoms with Gasteiger partial charge in [-0.15, -0.1) is 11.3 Å². The Morgan fingerprint density at radius 3 is 2.57 bits per heavy atom. The molecule has 1 N–H and O–H groups in total. The first-order valence-electron chi connectivity index (χ1n) is 9.60. The molecule has 2 aromatic carbocycles. The van der Waals surface area contributed by atoms with Gasteiger partial charge < -0.3 is 4.98 Å². The largest absolute Gasteiger partial charge is 0.344 e. The van der Waals surface area contributed by atoms with Crippen molar-refractivity contribution in [1.82, 2.24) is 15.0 Å². The van der Waals surface area contributed by atoms with Crippen LogP contribution in [0.15, 0.2) is 71.2 Å². The van der Waals surface area contributed by atoms with E-state index in [4.69, 9.17) is 4.98 Å². The SMILES string of the molecule is CC(C)S(=O)(=O)c1ccc(-c2cnc3[nH]cc(-c4csc5ccccc45)c3n2)cc1.[HH]. The van der Waals surface area contributed by atoms with E-state index in [2.05, 4.69) is 27.5 Å². The minimum absolute atomic E-state index is 0. The number of nitrogens with zero attached hydrogens (tertiary/aromatic N) is 2. The molecule has 0 saturated heterocycles. The Morgan fingerprint density at radius 1 is 1.03 bits per heavy atom. The first-order chi connectivity index (χ1) is 14.4. The number of hydrogen-bond acceptors (Lipinski definition) is 5. The lowest BCUT2D eigenvalue weighted by Crippen LogP contribution is -2.13. The average Bonchev–Trinajstić information content (AvgIpc) is 3.37. The zero-order valence-corrected chi connectivity index (χ0v) is 18.1. The highest BCUT2D eigenvalue weighted by Crippen LogP contribution is 2.37. The van der Waals surface area contributed by atoms with Crippen molar-refractivity contribution in [2.24, 2.45) is 0 Å². The predicted molar refractivity (Wildman–Crippen MR) is 125 cm³/mol. The Morgan fingerprint density at radius 2 is 1.80 bits per heavy atom. The van der Waals surface area contributed by atoms with Crippen LogP contribution in [0, 0.1) is 0 Å². The molecule has 7 heteroatoms. The van der Waals surface area contributed by atoms with Crippen LogP contribution in [0.1, 0.15) is 15.3 Å². The van der Waals surface area contributed by atoms with Crippen LogP contribution in [-0.4, -0.2) is 28.6 Å². The van der Waals surface area contributed by atoms with E-state index in [9.17, 15) is 8.42 Å². The van der Waals surface area contributed by atoms with Gasteiger partial charge in [-0.3, -0.25) is 0 Å². The summed E-state index contributed by atoms with van der Waals surface area (Å²) in [5, 5.41) is 2.88. The summed E-state index contributed by atoms with van der Waals surface area (Å²) < 4.78 is 26.0. The number of hydrogen-bond donors (Lipinski definition) is 1. The normalized spacial score (nSPS) is 12.2. The monoisotopic (exact) mass is 435 g/mol. The first-order valence-corrected chi connectivity index (χ1v) is 12.0. The molecule has 0 spiro atoms. The van der Waals surface area contributed by atoms with Crippen molar-refractivity contribution in [3.8, 4) is 22.4 Å². The Bertz CT molecular complexity index is 1490. The third kappa shape index (κ3) is 3.02. The Balaban J connectivity index is 0.00000231. The predicted octanol–water partition coefficient (Wildman–Crippen LogP) is 5.93. The fourth-order valence-electron chi connectivity index (χ4n) is 3.51. The second-order valence-electron chi connectivity index (χ2n) is 7.42. The van der Waals surface area contributed by atoms with Crippen molar-refractivity contribution in [2.45, 2.75) is 24.0 Å². The zero-order chi connectivity index (χ0) is 20.9. The van der Waals surface area contributed by atoms with Crippen molar-refractivity contribution in [3.05, 3.63) is 66.3 Å². The summed E-state index contributed by atoms with van der Waals surface area (Å²) in [6.07, 6.45) is 3.65. The number of fused-ring (bicyclic) bond motifs is 2. The summed E-state index contributed by atoms with van der Waals surface area (Å²) in [5.41, 5.74) is 5.20. The quantitative estimate of drug-likeness (QED) is 0.379. The minimum atomic E-state index is -3.30. The number of sulfone groups is 1. The van der Waals surface area contributed by atoms with Crippen molar-refractivity contribution in [3.63, 3.8) is 0 Å². The Hall–Kier alpha value is -3.03. The lowest BCUT2D eigenvalue weighted by atomic mass is 10.1. The molecule has 5 aromatic rings. The van der Waals surface area contributed by atoms with Gasteiger partial charge in [0.25, 0.3) is 0 Å². The van der Waals surface area contributed by atoms with Gasteiger partial charge in [-0.25, -0.2) is 18.4 Å². The second kappa shape index (κ2) is 7.04. The van der Waals surface area contributed by atoms with Gasteiger partial charge in [-0.1, -0.05) is 30.3 Å². The maximum Gasteiger partial charge on any atom is 0.180 e. The number of benzene rings is 2. The highest BCUT2D eigenvalue weighted by molar-refractivity contribution is 7.92. The molecule has 0 amide bonds. The molecular formula is C23H21N3O2S2. The van der Waals surface area contributed by atoms with E-state index in [0.29, 0.717) is 10.6 Å². The van der Waals surface area contributed by atoms with Gasteiger partial charge in [-0.2, -0.15) is 0 Å². The maximum atomic E-state index is 12.4. The number of thiophene rings is 1. The molecule has 0 aliphatic rings. The van der Waals surface area contributed by atoms with Gasteiger partial charge in [0.1, 0.15) is 5.52 Å². The fraction of sp³-hybridized carbons (Fsp3) is 0.130. The summed E-state index contributed by atoms with van der Waals surface area (Å²) in [6.45, 7) is 3.37. The summed E-state index contributed by atoms with van der Waals surface area (Å²) in [7, 11) is -3.30. The third-order valence-corrected chi connectivity index (χ3v) is 8.39. The van der Waals surface area contributed by atoms with Gasteiger partial charge in [0.05, 0.1) is 22.0 Å². The van der Waals surface area contributed by atoms with Crippen LogP contribution in [0.5, 0.6) is 0 Å². The lowest BCUT2D eigenvalue weighted by Gasteiger charge is -2.08. The molecule has 0 saturated carbocycles. The molecule has 5 nitrogen and oxygen atoms in total. The molecule has 30 heavy (non-hydrogen) atoms. The first kappa shape index (κ1) is 19.0. The van der Waals surface area contributed by atoms with E-state index >= 15 is 0 Å². The summed E-state index contributed by atoms with van der Waals surface area (Å²) in [4.78, 5) is 12.9. The number of aromatic nitrogens is 3. The van der Waals surface area contributed by atoms with E-state index in [1.165, 1.54) is 10.1 Å². The average molecular weight is 436 g/mol. The molecular weight excluding hydrogens is 414 g/mol. The molecule has 3 heterocycles. The Kier molecular flexibility index (Phi) is 4.45. The van der Waals surface area contributed by atoms with E-state index in [-0.39, 0.29) is 1.43 Å². The van der Waals surface area contributed by atoms with Gasteiger partial charge in [0.15, 0.2) is 15.5 Å². The van der Waals surface area contributed by atoms with Crippen LogP contribution in [0.25, 0.3) is 43.6 Å². The molecule has 152 valence electrons. The van der Waals surface area contributed by atoms with E-state index in [1.807, 2.05) is 18.3 Å². The number of rotatable bonds is 4. The minimum Gasteiger partial charge on any atom is -0.344 e. The van der Waals surface area contributed by atoms with Crippen LogP contribution in [0.3, 0.4) is 0 Å². The standard InChI is InChI=1S/C23H19N3O2S2.H2/c1-14(2)30(27,28)16-9-7-15(8-10-16)20-12-25-23-22(26-20)18(11-24-23)19-13-29-21-6-4-3-5-17(19)21;/h3-14H,1-2H3,(H,24,25);1H. The van der Waals surface area contributed by atoms with E-state index in [0.717, 1.165) is 27.9 Å². The Labute approximate surface area is 179 Å². The van der Waals surface area contributed by atoms with Crippen molar-refractivity contribution in [2.75, 3.05) is 0 Å². The number of H-pyrrole nitrogens is 1. The van der Waals surface area contributed by atoms with E-state index in [1.54, 1.807) is 55.6 Å². The molecule has 0 bridgehead atoms. The van der Waals surface area contributed by atoms with Gasteiger partial charge in [0, 0.05) is 34.4 Å². The molecule has 0 fully saturated rings. The smallest absolute Gasteiger partial charge is 0.180 e. The van der Waals surface area contributed by atoms with Crippen LogP contribution < -0.4 is 0 Å². The summed E-state index contributed by atoms with van der Waals surface area (Å²) in [6, 6.07) is 15.2. The highest BCUT2D eigenvalue weighted by Gasteiger charge is 2.19. The number of nitrogens with one attached hydrogen (secondary N) is 1. The molecule has 0 aliphatic carbocycles. The molecule has 3 aromatic heterocycles. The fourth-order valence-corrected chi connectivity index (χ4v) is 5.53. The molecule has 0 unspecified atom stereocenters. The van der Waals surface area contributed by atoms with Crippen LogP contribution in [0.2, 0.25) is 0 Å². The summed E-state index contributed by atoms with van der Waals surface area (Å²) in [5.74, 6) is 0. The lowest BCUT2D eigenvalue weighted by molar-refractivity contribution is 0.587. The van der Waals surface area contributed by atoms with Crippen molar-refractivity contribution < 1.29 is 9.84 Å². The van der Waals surface area contributed by atoms with Crippen LogP contribution >= 0.6 is 11.3 Å². The van der Waals surface area contributed by atoms with Gasteiger partial charge >= 0.3 is 0 Å². The summed E-state index contributed by atoms with van der Waals surface area (Å²) >= 11 is 1.71. The molecule has 0 radical (unpaired) electrons. The molecule has 0 aliphatic heterocycles. The topological polar surface area (TPSA) is 75.7 Å². The number of aromatic amines is 1. The maximum absolute atomic E-state index is 12.4. The highest BCUT2D eigenvalue weighted by atomic mass is 32.2. The van der Waals surface area contributed by atoms with Crippen LogP contribution in [0.4, 0.5) is 0 Å². The van der Waals surface area contributed by atoms with Crippen molar-refractivity contribution in [1.29, 1.82) is 0 Å². The van der Waals surface area contributed by atoms with Crippen molar-refractivity contribution >= 4 is 42.4 Å².